The lowest BCUT2D eigenvalue weighted by atomic mass is 10.2. The first-order valence-corrected chi connectivity index (χ1v) is 6.05. The number of ether oxygens (including phenoxy) is 2. The number of anilines is 1. The first-order valence-electron chi connectivity index (χ1n) is 6.05. The lowest BCUT2D eigenvalue weighted by Crippen LogP contribution is -2.05. The van der Waals surface area contributed by atoms with Crippen LogP contribution in [0.3, 0.4) is 0 Å². The van der Waals surface area contributed by atoms with E-state index in [0.29, 0.717) is 12.2 Å². The topological polar surface area (TPSA) is 86.5 Å². The van der Waals surface area contributed by atoms with Gasteiger partial charge in [-0.3, -0.25) is 4.98 Å². The highest BCUT2D eigenvalue weighted by molar-refractivity contribution is 5.47. The second-order valence-electron chi connectivity index (χ2n) is 4.28. The lowest BCUT2D eigenvalue weighted by Gasteiger charge is -2.07. The number of rotatable bonds is 3. The van der Waals surface area contributed by atoms with Gasteiger partial charge in [0.15, 0.2) is 23.0 Å². The molecule has 1 N–H and O–H groups in total. The van der Waals surface area contributed by atoms with Crippen LogP contribution in [0.1, 0.15) is 5.56 Å². The summed E-state index contributed by atoms with van der Waals surface area (Å²) in [6.45, 7) is 0.886. The molecule has 0 unspecified atom stereocenters. The Morgan fingerprint density at radius 2 is 2.15 bits per heavy atom. The van der Waals surface area contributed by atoms with Gasteiger partial charge >= 0.3 is 0 Å². The van der Waals surface area contributed by atoms with Crippen molar-refractivity contribution in [1.82, 2.24) is 25.0 Å². The van der Waals surface area contributed by atoms with Crippen molar-refractivity contribution in [1.29, 1.82) is 0 Å². The molecule has 0 fully saturated rings. The molecule has 1 aliphatic heterocycles. The molecule has 8 heteroatoms. The van der Waals surface area contributed by atoms with Crippen LogP contribution in [0.15, 0.2) is 30.6 Å². The molecule has 0 amide bonds. The average molecular weight is 270 g/mol. The summed E-state index contributed by atoms with van der Waals surface area (Å²) in [6.07, 6.45) is 3.28. The number of nitrogens with one attached hydrogen (secondary N) is 1. The Kier molecular flexibility index (Phi) is 2.38. The summed E-state index contributed by atoms with van der Waals surface area (Å²) in [5.41, 5.74) is 1.67. The molecule has 0 saturated heterocycles. The maximum atomic E-state index is 5.35. The molecule has 0 spiro atoms. The number of tetrazole rings is 1. The highest BCUT2D eigenvalue weighted by atomic mass is 16.7. The second kappa shape index (κ2) is 4.34. The van der Waals surface area contributed by atoms with Crippen LogP contribution in [0.2, 0.25) is 0 Å². The van der Waals surface area contributed by atoms with Crippen molar-refractivity contribution < 1.29 is 9.47 Å². The van der Waals surface area contributed by atoms with Crippen LogP contribution >= 0.6 is 0 Å². The molecule has 0 atom stereocenters. The molecule has 100 valence electrons. The first-order chi connectivity index (χ1) is 9.90. The van der Waals surface area contributed by atoms with Gasteiger partial charge in [0.25, 0.3) is 0 Å². The third kappa shape index (κ3) is 1.78. The van der Waals surface area contributed by atoms with Gasteiger partial charge in [-0.15, -0.1) is 5.10 Å². The summed E-state index contributed by atoms with van der Waals surface area (Å²) in [4.78, 5) is 4.08. The lowest BCUT2D eigenvalue weighted by molar-refractivity contribution is 0.174. The van der Waals surface area contributed by atoms with Crippen molar-refractivity contribution >= 4 is 11.5 Å². The zero-order valence-corrected chi connectivity index (χ0v) is 10.4. The van der Waals surface area contributed by atoms with E-state index in [2.05, 4.69) is 25.8 Å². The van der Waals surface area contributed by atoms with E-state index in [1.54, 1.807) is 16.9 Å². The molecule has 20 heavy (non-hydrogen) atoms. The number of fused-ring (bicyclic) bond motifs is 2. The first kappa shape index (κ1) is 11.0. The van der Waals surface area contributed by atoms with Gasteiger partial charge in [-0.05, 0) is 28.1 Å². The fraction of sp³-hybridized carbons (Fsp3) is 0.167. The summed E-state index contributed by atoms with van der Waals surface area (Å²) >= 11 is 0. The highest BCUT2D eigenvalue weighted by Gasteiger charge is 2.13. The van der Waals surface area contributed by atoms with E-state index in [1.165, 1.54) is 0 Å². The largest absolute Gasteiger partial charge is 0.454 e. The number of hydrogen-bond donors (Lipinski definition) is 1. The molecule has 3 heterocycles. The molecule has 0 bridgehead atoms. The van der Waals surface area contributed by atoms with E-state index in [-0.39, 0.29) is 6.79 Å². The molecule has 0 radical (unpaired) electrons. The second-order valence-corrected chi connectivity index (χ2v) is 4.28. The monoisotopic (exact) mass is 270 g/mol. The third-order valence-electron chi connectivity index (χ3n) is 3.02. The van der Waals surface area contributed by atoms with Gasteiger partial charge in [0, 0.05) is 6.54 Å². The Labute approximate surface area is 113 Å². The van der Waals surface area contributed by atoms with Crippen LogP contribution in [0, 0.1) is 0 Å². The minimum absolute atomic E-state index is 0.278. The molecule has 0 aliphatic carbocycles. The third-order valence-corrected chi connectivity index (χ3v) is 3.02. The summed E-state index contributed by atoms with van der Waals surface area (Å²) < 4.78 is 12.2. The zero-order chi connectivity index (χ0) is 13.4. The molecule has 1 aromatic carbocycles. The van der Waals surface area contributed by atoms with E-state index < -0.39 is 0 Å². The SMILES string of the molecule is c1cc2c(cc1CNc1cncc3nnnn13)OCO2. The molecule has 2 aromatic heterocycles. The maximum Gasteiger partial charge on any atom is 0.231 e. The number of aromatic nitrogens is 5. The van der Waals surface area contributed by atoms with E-state index in [4.69, 9.17) is 9.47 Å². The van der Waals surface area contributed by atoms with Crippen LogP contribution in [0.4, 0.5) is 5.82 Å². The summed E-state index contributed by atoms with van der Waals surface area (Å²) in [5, 5.41) is 14.6. The Hall–Kier alpha value is -2.90. The normalized spacial score (nSPS) is 12.8. The molecule has 0 saturated carbocycles. The van der Waals surface area contributed by atoms with E-state index in [0.717, 1.165) is 22.9 Å². The molecule has 1 aliphatic rings. The maximum absolute atomic E-state index is 5.35. The van der Waals surface area contributed by atoms with E-state index in [1.807, 2.05) is 18.2 Å². The van der Waals surface area contributed by atoms with Crippen LogP contribution in [-0.4, -0.2) is 31.8 Å². The summed E-state index contributed by atoms with van der Waals surface area (Å²) in [6, 6.07) is 5.82. The fourth-order valence-corrected chi connectivity index (χ4v) is 2.04. The Morgan fingerprint density at radius 3 is 3.15 bits per heavy atom. The average Bonchev–Trinajstić information content (AvgIpc) is 3.13. The molecular formula is C12H10N6O2. The van der Waals surface area contributed by atoms with Crippen molar-refractivity contribution in [2.24, 2.45) is 0 Å². The van der Waals surface area contributed by atoms with Gasteiger partial charge in [0.05, 0.1) is 12.4 Å². The van der Waals surface area contributed by atoms with Gasteiger partial charge in [-0.1, -0.05) is 6.07 Å². The smallest absolute Gasteiger partial charge is 0.231 e. The van der Waals surface area contributed by atoms with Crippen molar-refractivity contribution in [3.8, 4) is 11.5 Å². The Bertz CT molecular complexity index is 771. The molecular weight excluding hydrogens is 260 g/mol. The van der Waals surface area contributed by atoms with Crippen molar-refractivity contribution in [2.45, 2.75) is 6.54 Å². The van der Waals surface area contributed by atoms with E-state index in [9.17, 15) is 0 Å². The van der Waals surface area contributed by atoms with Crippen molar-refractivity contribution in [3.05, 3.63) is 36.2 Å². The van der Waals surface area contributed by atoms with Gasteiger partial charge in [0.2, 0.25) is 6.79 Å². The predicted octanol–water partition coefficient (Wildman–Crippen LogP) is 0.860. The Balaban J connectivity index is 1.57. The summed E-state index contributed by atoms with van der Waals surface area (Å²) in [7, 11) is 0. The van der Waals surface area contributed by atoms with Crippen LogP contribution < -0.4 is 14.8 Å². The quantitative estimate of drug-likeness (QED) is 0.755. The van der Waals surface area contributed by atoms with Crippen LogP contribution in [-0.2, 0) is 6.54 Å². The number of benzene rings is 1. The van der Waals surface area contributed by atoms with Gasteiger partial charge in [-0.2, -0.15) is 4.52 Å². The fourth-order valence-electron chi connectivity index (χ4n) is 2.04. The molecule has 4 rings (SSSR count). The molecule has 3 aromatic rings. The van der Waals surface area contributed by atoms with Gasteiger partial charge in [-0.25, -0.2) is 0 Å². The zero-order valence-electron chi connectivity index (χ0n) is 10.4. The van der Waals surface area contributed by atoms with Gasteiger partial charge in [0.1, 0.15) is 0 Å². The van der Waals surface area contributed by atoms with Crippen molar-refractivity contribution in [3.63, 3.8) is 0 Å². The highest BCUT2D eigenvalue weighted by Crippen LogP contribution is 2.32. The van der Waals surface area contributed by atoms with Crippen LogP contribution in [0.5, 0.6) is 11.5 Å². The van der Waals surface area contributed by atoms with Crippen molar-refractivity contribution in [2.75, 3.05) is 12.1 Å². The summed E-state index contributed by atoms with van der Waals surface area (Å²) in [5.74, 6) is 2.27. The predicted molar refractivity (Wildman–Crippen MR) is 68.5 cm³/mol. The number of hydrogen-bond acceptors (Lipinski definition) is 7. The molecule has 8 nitrogen and oxygen atoms in total. The van der Waals surface area contributed by atoms with E-state index >= 15 is 0 Å². The minimum Gasteiger partial charge on any atom is -0.454 e. The standard InChI is InChI=1S/C12H10N6O2/c1-2-9-10(20-7-19-9)3-8(1)4-14-11-5-13-6-12-15-16-17-18(11)12/h1-3,5-6,14H,4,7H2. The van der Waals surface area contributed by atoms with Crippen LogP contribution in [0.25, 0.3) is 5.65 Å². The number of nitrogens with zero attached hydrogens (tertiary/aromatic N) is 5. The van der Waals surface area contributed by atoms with Gasteiger partial charge < -0.3 is 14.8 Å². The minimum atomic E-state index is 0.278. The Morgan fingerprint density at radius 1 is 1.20 bits per heavy atom.